The van der Waals surface area contributed by atoms with Crippen LogP contribution in [-0.2, 0) is 22.9 Å². The van der Waals surface area contributed by atoms with E-state index in [9.17, 15) is 13.2 Å². The molecule has 3 rings (SSSR count). The number of aromatic nitrogens is 4. The highest BCUT2D eigenvalue weighted by molar-refractivity contribution is 7.90. The van der Waals surface area contributed by atoms with Gasteiger partial charge in [-0.2, -0.15) is 10.1 Å². The number of carbonyl (C=O) groups is 1. The standard InChI is InChI=1S/C18H21N7O3S/c1-3-25-11-13(9-22-25)23-18-21-10-14(16(19)26)17(24-18)20-8-12-6-4-5-7-15(12)29(2,27)28/h4-7,9-11H,3,8H2,1-2H3,(H2,19,26)(H2,20,21,23,24). The first-order chi connectivity index (χ1) is 13.8. The van der Waals surface area contributed by atoms with Crippen LogP contribution in [0.1, 0.15) is 22.8 Å². The Morgan fingerprint density at radius 2 is 2.00 bits per heavy atom. The van der Waals surface area contributed by atoms with Crippen LogP contribution in [0.5, 0.6) is 0 Å². The number of aryl methyl sites for hydroxylation is 1. The van der Waals surface area contributed by atoms with Crippen LogP contribution in [0.15, 0.2) is 47.8 Å². The molecule has 10 nitrogen and oxygen atoms in total. The van der Waals surface area contributed by atoms with Gasteiger partial charge in [0.2, 0.25) is 5.95 Å². The zero-order valence-corrected chi connectivity index (χ0v) is 16.8. The Bertz CT molecular complexity index is 1140. The van der Waals surface area contributed by atoms with E-state index in [1.807, 2.05) is 6.92 Å². The van der Waals surface area contributed by atoms with Crippen LogP contribution in [0.4, 0.5) is 17.5 Å². The molecule has 2 aromatic heterocycles. The van der Waals surface area contributed by atoms with Crippen LogP contribution in [0.25, 0.3) is 0 Å². The Kier molecular flexibility index (Phi) is 5.78. The molecule has 0 aliphatic rings. The third-order valence-corrected chi connectivity index (χ3v) is 5.28. The summed E-state index contributed by atoms with van der Waals surface area (Å²) >= 11 is 0. The third-order valence-electron chi connectivity index (χ3n) is 4.09. The molecule has 1 amide bonds. The predicted molar refractivity (Wildman–Crippen MR) is 109 cm³/mol. The molecule has 0 saturated heterocycles. The van der Waals surface area contributed by atoms with Gasteiger partial charge in [0.25, 0.3) is 5.91 Å². The minimum atomic E-state index is -3.40. The lowest BCUT2D eigenvalue weighted by Crippen LogP contribution is -2.17. The summed E-state index contributed by atoms with van der Waals surface area (Å²) in [6.07, 6.45) is 5.88. The molecule has 0 bridgehead atoms. The Morgan fingerprint density at radius 1 is 1.24 bits per heavy atom. The van der Waals surface area contributed by atoms with Gasteiger partial charge >= 0.3 is 0 Å². The van der Waals surface area contributed by atoms with E-state index in [2.05, 4.69) is 25.7 Å². The number of anilines is 3. The van der Waals surface area contributed by atoms with Crippen LogP contribution in [-0.4, -0.2) is 40.3 Å². The van der Waals surface area contributed by atoms with E-state index >= 15 is 0 Å². The second-order valence-electron chi connectivity index (χ2n) is 6.26. The van der Waals surface area contributed by atoms with E-state index in [-0.39, 0.29) is 28.8 Å². The van der Waals surface area contributed by atoms with Gasteiger partial charge in [0.15, 0.2) is 9.84 Å². The largest absolute Gasteiger partial charge is 0.365 e. The van der Waals surface area contributed by atoms with E-state index < -0.39 is 15.7 Å². The fraction of sp³-hybridized carbons (Fsp3) is 0.222. The van der Waals surface area contributed by atoms with E-state index in [4.69, 9.17) is 5.73 Å². The van der Waals surface area contributed by atoms with Crippen molar-refractivity contribution in [2.24, 2.45) is 5.73 Å². The fourth-order valence-electron chi connectivity index (χ4n) is 2.68. The second-order valence-corrected chi connectivity index (χ2v) is 8.25. The number of benzene rings is 1. The molecule has 0 aliphatic heterocycles. The summed E-state index contributed by atoms with van der Waals surface area (Å²) in [5.74, 6) is -0.264. The van der Waals surface area contributed by atoms with Crippen LogP contribution in [0.3, 0.4) is 0 Å². The molecule has 4 N–H and O–H groups in total. The van der Waals surface area contributed by atoms with E-state index in [0.29, 0.717) is 11.3 Å². The van der Waals surface area contributed by atoms with Crippen LogP contribution >= 0.6 is 0 Å². The van der Waals surface area contributed by atoms with Crippen LogP contribution < -0.4 is 16.4 Å². The van der Waals surface area contributed by atoms with E-state index in [1.165, 1.54) is 12.3 Å². The molecular weight excluding hydrogens is 394 g/mol. The first-order valence-corrected chi connectivity index (χ1v) is 10.6. The Morgan fingerprint density at radius 3 is 2.66 bits per heavy atom. The zero-order valence-electron chi connectivity index (χ0n) is 16.0. The molecule has 0 unspecified atom stereocenters. The lowest BCUT2D eigenvalue weighted by atomic mass is 10.2. The maximum absolute atomic E-state index is 12.0. The van der Waals surface area contributed by atoms with E-state index in [1.54, 1.807) is 35.3 Å². The van der Waals surface area contributed by atoms with Crippen molar-refractivity contribution in [3.63, 3.8) is 0 Å². The number of rotatable bonds is 8. The number of hydrogen-bond acceptors (Lipinski definition) is 8. The molecule has 3 aromatic rings. The number of nitrogens with zero attached hydrogens (tertiary/aromatic N) is 4. The topological polar surface area (TPSA) is 145 Å². The Hall–Kier alpha value is -3.47. The van der Waals surface area contributed by atoms with Gasteiger partial charge in [0.05, 0.1) is 22.3 Å². The minimum absolute atomic E-state index is 0.0941. The van der Waals surface area contributed by atoms with Gasteiger partial charge in [0, 0.05) is 31.7 Å². The molecule has 11 heteroatoms. The van der Waals surface area contributed by atoms with Crippen molar-refractivity contribution in [2.45, 2.75) is 24.9 Å². The number of nitrogens with one attached hydrogen (secondary N) is 2. The summed E-state index contributed by atoms with van der Waals surface area (Å²) in [6, 6.07) is 6.60. The quantitative estimate of drug-likeness (QED) is 0.502. The van der Waals surface area contributed by atoms with Gasteiger partial charge in [-0.15, -0.1) is 0 Å². The average molecular weight is 415 g/mol. The lowest BCUT2D eigenvalue weighted by Gasteiger charge is -2.13. The van der Waals surface area contributed by atoms with Gasteiger partial charge in [-0.1, -0.05) is 18.2 Å². The monoisotopic (exact) mass is 415 g/mol. The van der Waals surface area contributed by atoms with Crippen molar-refractivity contribution in [1.29, 1.82) is 0 Å². The molecule has 0 fully saturated rings. The maximum atomic E-state index is 12.0. The zero-order chi connectivity index (χ0) is 21.0. The number of carbonyl (C=O) groups excluding carboxylic acids is 1. The molecule has 0 spiro atoms. The molecule has 0 atom stereocenters. The SMILES string of the molecule is CCn1cc(Nc2ncc(C(N)=O)c(NCc3ccccc3S(C)(=O)=O)n2)cn1. The Labute approximate surface area is 168 Å². The van der Waals surface area contributed by atoms with Crippen LogP contribution in [0, 0.1) is 0 Å². The maximum Gasteiger partial charge on any atom is 0.254 e. The minimum Gasteiger partial charge on any atom is -0.365 e. The molecule has 2 heterocycles. The van der Waals surface area contributed by atoms with Crippen molar-refractivity contribution in [2.75, 3.05) is 16.9 Å². The van der Waals surface area contributed by atoms with Gasteiger partial charge in [0.1, 0.15) is 5.82 Å². The highest BCUT2D eigenvalue weighted by Crippen LogP contribution is 2.20. The fourth-order valence-corrected chi connectivity index (χ4v) is 3.62. The van der Waals surface area contributed by atoms with Crippen LogP contribution in [0.2, 0.25) is 0 Å². The summed E-state index contributed by atoms with van der Waals surface area (Å²) < 4.78 is 25.7. The molecule has 0 aliphatic carbocycles. The molecule has 152 valence electrons. The molecule has 29 heavy (non-hydrogen) atoms. The second kappa shape index (κ2) is 8.27. The summed E-state index contributed by atoms with van der Waals surface area (Å²) in [7, 11) is -3.40. The number of primary amides is 1. The summed E-state index contributed by atoms with van der Waals surface area (Å²) in [4.78, 5) is 20.4. The molecule has 0 radical (unpaired) electrons. The average Bonchev–Trinajstić information content (AvgIpc) is 3.13. The normalized spacial score (nSPS) is 11.2. The highest BCUT2D eigenvalue weighted by atomic mass is 32.2. The van der Waals surface area contributed by atoms with Crippen molar-refractivity contribution < 1.29 is 13.2 Å². The van der Waals surface area contributed by atoms with Gasteiger partial charge < -0.3 is 16.4 Å². The number of sulfone groups is 1. The number of nitrogens with two attached hydrogens (primary N) is 1. The highest BCUT2D eigenvalue weighted by Gasteiger charge is 2.16. The van der Waals surface area contributed by atoms with Crippen molar-refractivity contribution >= 4 is 33.2 Å². The molecule has 1 aromatic carbocycles. The summed E-state index contributed by atoms with van der Waals surface area (Å²) in [5.41, 5.74) is 6.74. The van der Waals surface area contributed by atoms with Crippen molar-refractivity contribution in [3.05, 3.63) is 54.0 Å². The number of amides is 1. The molecule has 0 saturated carbocycles. The lowest BCUT2D eigenvalue weighted by molar-refractivity contribution is 0.100. The van der Waals surface area contributed by atoms with E-state index in [0.717, 1.165) is 12.8 Å². The Balaban J connectivity index is 1.87. The predicted octanol–water partition coefficient (Wildman–Crippen LogP) is 1.55. The van der Waals surface area contributed by atoms with Crippen molar-refractivity contribution in [1.82, 2.24) is 19.7 Å². The van der Waals surface area contributed by atoms with Gasteiger partial charge in [-0.3, -0.25) is 9.48 Å². The van der Waals surface area contributed by atoms with Gasteiger partial charge in [-0.25, -0.2) is 13.4 Å². The first kappa shape index (κ1) is 20.3. The summed E-state index contributed by atoms with van der Waals surface area (Å²) in [6.45, 7) is 2.81. The smallest absolute Gasteiger partial charge is 0.254 e. The van der Waals surface area contributed by atoms with Gasteiger partial charge in [-0.05, 0) is 18.6 Å². The summed E-state index contributed by atoms with van der Waals surface area (Å²) in [5, 5.41) is 10.2. The number of hydrogen-bond donors (Lipinski definition) is 3. The first-order valence-electron chi connectivity index (χ1n) is 8.76. The molecular formula is C18H21N7O3S. The van der Waals surface area contributed by atoms with Crippen molar-refractivity contribution in [3.8, 4) is 0 Å². The third kappa shape index (κ3) is 4.88.